The summed E-state index contributed by atoms with van der Waals surface area (Å²) in [6.07, 6.45) is 0.0821. The number of esters is 1. The molecule has 0 unspecified atom stereocenters. The Labute approximate surface area is 174 Å². The first kappa shape index (κ1) is 20.8. The van der Waals surface area contributed by atoms with E-state index in [9.17, 15) is 9.59 Å². The van der Waals surface area contributed by atoms with Crippen molar-refractivity contribution in [1.29, 1.82) is 0 Å². The normalized spacial score (nSPS) is 11.8. The first-order valence-corrected chi connectivity index (χ1v) is 10.2. The second-order valence-electron chi connectivity index (χ2n) is 6.73. The topological polar surface area (TPSA) is 68.7 Å². The van der Waals surface area contributed by atoms with Crippen molar-refractivity contribution in [2.24, 2.45) is 0 Å². The van der Waals surface area contributed by atoms with Crippen molar-refractivity contribution in [2.75, 3.05) is 20.3 Å². The number of rotatable bonds is 8. The fourth-order valence-corrected chi connectivity index (χ4v) is 3.79. The molecular formula is C22H24N2O4S. The number of ether oxygens (including phenoxy) is 2. The second-order valence-corrected chi connectivity index (χ2v) is 7.79. The molecule has 0 saturated heterocycles. The van der Waals surface area contributed by atoms with Gasteiger partial charge in [0.05, 0.1) is 29.3 Å². The van der Waals surface area contributed by atoms with Crippen molar-refractivity contribution in [3.05, 3.63) is 59.1 Å². The van der Waals surface area contributed by atoms with Crippen LogP contribution in [0.15, 0.2) is 48.5 Å². The molecule has 0 bridgehead atoms. The third kappa shape index (κ3) is 5.32. The molecule has 0 spiro atoms. The first-order chi connectivity index (χ1) is 14.0. The Bertz CT molecular complexity index is 968. The van der Waals surface area contributed by atoms with Gasteiger partial charge < -0.3 is 14.4 Å². The van der Waals surface area contributed by atoms with Crippen LogP contribution in [0.5, 0.6) is 5.75 Å². The third-order valence-electron chi connectivity index (χ3n) is 4.66. The molecule has 1 aromatic heterocycles. The minimum atomic E-state index is -0.465. The van der Waals surface area contributed by atoms with Gasteiger partial charge in [0.25, 0.3) is 5.91 Å². The Kier molecular flexibility index (Phi) is 6.82. The molecule has 1 heterocycles. The lowest BCUT2D eigenvalue weighted by Gasteiger charge is -2.23. The summed E-state index contributed by atoms with van der Waals surface area (Å²) in [6, 6.07) is 15.2. The van der Waals surface area contributed by atoms with Crippen LogP contribution >= 0.6 is 11.3 Å². The molecule has 152 valence electrons. The van der Waals surface area contributed by atoms with Gasteiger partial charge in [0.2, 0.25) is 0 Å². The van der Waals surface area contributed by atoms with Crippen molar-refractivity contribution in [3.63, 3.8) is 0 Å². The highest BCUT2D eigenvalue weighted by Gasteiger charge is 2.21. The number of likely N-dealkylation sites (N-methyl/N-ethyl adjacent to an activating group) is 1. The molecule has 3 aromatic rings. The predicted octanol–water partition coefficient (Wildman–Crippen LogP) is 4.14. The van der Waals surface area contributed by atoms with Crippen LogP contribution in [0.3, 0.4) is 0 Å². The number of nitrogens with zero attached hydrogens (tertiary/aromatic N) is 2. The average Bonchev–Trinajstić information content (AvgIpc) is 3.16. The van der Waals surface area contributed by atoms with Gasteiger partial charge in [0, 0.05) is 7.05 Å². The largest absolute Gasteiger partial charge is 0.493 e. The number of carbonyl (C=O) groups excluding carboxylic acids is 2. The van der Waals surface area contributed by atoms with Crippen molar-refractivity contribution in [2.45, 2.75) is 26.3 Å². The molecule has 0 aliphatic rings. The van der Waals surface area contributed by atoms with Gasteiger partial charge in [-0.2, -0.15) is 0 Å². The Balaban J connectivity index is 1.45. The first-order valence-electron chi connectivity index (χ1n) is 9.41. The number of para-hydroxylation sites is 2. The van der Waals surface area contributed by atoms with Crippen LogP contribution in [0, 0.1) is 6.92 Å². The molecule has 0 radical (unpaired) electrons. The Morgan fingerprint density at radius 2 is 1.86 bits per heavy atom. The zero-order valence-corrected chi connectivity index (χ0v) is 17.6. The number of carbonyl (C=O) groups is 2. The number of amides is 1. The fourth-order valence-electron chi connectivity index (χ4n) is 2.73. The molecule has 1 atom stereocenters. The van der Waals surface area contributed by atoms with Gasteiger partial charge in [0.1, 0.15) is 10.8 Å². The fraction of sp³-hybridized carbons (Fsp3) is 0.318. The van der Waals surface area contributed by atoms with Crippen molar-refractivity contribution in [1.82, 2.24) is 9.88 Å². The summed E-state index contributed by atoms with van der Waals surface area (Å²) in [6.45, 7) is 3.76. The molecule has 0 saturated carbocycles. The van der Waals surface area contributed by atoms with E-state index in [2.05, 4.69) is 4.98 Å². The van der Waals surface area contributed by atoms with Crippen molar-refractivity contribution < 1.29 is 19.1 Å². The van der Waals surface area contributed by atoms with Crippen LogP contribution in [0.2, 0.25) is 0 Å². The Morgan fingerprint density at radius 3 is 2.62 bits per heavy atom. The summed E-state index contributed by atoms with van der Waals surface area (Å²) in [7, 11) is 1.69. The van der Waals surface area contributed by atoms with Gasteiger partial charge in [0.15, 0.2) is 6.61 Å². The molecule has 6 nitrogen and oxygen atoms in total. The molecule has 1 amide bonds. The SMILES string of the molecule is Cc1ccccc1OCCC(=O)OCC(=O)N(C)[C@H](C)c1nc2ccccc2s1. The highest BCUT2D eigenvalue weighted by Crippen LogP contribution is 2.28. The molecule has 2 aromatic carbocycles. The van der Waals surface area contributed by atoms with Crippen LogP contribution in [-0.4, -0.2) is 42.0 Å². The van der Waals surface area contributed by atoms with E-state index in [0.717, 1.165) is 26.5 Å². The van der Waals surface area contributed by atoms with Crippen LogP contribution in [-0.2, 0) is 14.3 Å². The van der Waals surface area contributed by atoms with Crippen LogP contribution in [0.25, 0.3) is 10.2 Å². The highest BCUT2D eigenvalue weighted by molar-refractivity contribution is 7.18. The average molecular weight is 413 g/mol. The summed E-state index contributed by atoms with van der Waals surface area (Å²) in [5.41, 5.74) is 1.92. The van der Waals surface area contributed by atoms with Gasteiger partial charge in [-0.05, 0) is 37.6 Å². The summed E-state index contributed by atoms with van der Waals surface area (Å²) < 4.78 is 11.8. The summed E-state index contributed by atoms with van der Waals surface area (Å²) in [4.78, 5) is 30.5. The van der Waals surface area contributed by atoms with Crippen molar-refractivity contribution >= 4 is 33.4 Å². The lowest BCUT2D eigenvalue weighted by molar-refractivity contribution is -0.152. The molecule has 7 heteroatoms. The van der Waals surface area contributed by atoms with Gasteiger partial charge in [-0.1, -0.05) is 30.3 Å². The molecule has 0 aliphatic heterocycles. The zero-order valence-electron chi connectivity index (χ0n) is 16.8. The maximum absolute atomic E-state index is 12.4. The molecule has 29 heavy (non-hydrogen) atoms. The monoisotopic (exact) mass is 412 g/mol. The zero-order chi connectivity index (χ0) is 20.8. The minimum absolute atomic E-state index is 0.0821. The number of fused-ring (bicyclic) bond motifs is 1. The number of hydrogen-bond acceptors (Lipinski definition) is 6. The van der Waals surface area contributed by atoms with Crippen LogP contribution in [0.4, 0.5) is 0 Å². The Hall–Kier alpha value is -2.93. The van der Waals surface area contributed by atoms with Gasteiger partial charge in [-0.15, -0.1) is 11.3 Å². The van der Waals surface area contributed by atoms with E-state index in [-0.39, 0.29) is 31.6 Å². The summed E-state index contributed by atoms with van der Waals surface area (Å²) in [5, 5.41) is 0.847. The molecule has 0 N–H and O–H groups in total. The van der Waals surface area contributed by atoms with E-state index in [4.69, 9.17) is 9.47 Å². The maximum atomic E-state index is 12.4. The molecule has 0 aliphatic carbocycles. The van der Waals surface area contributed by atoms with E-state index in [1.165, 1.54) is 0 Å². The van der Waals surface area contributed by atoms with E-state index in [1.54, 1.807) is 23.3 Å². The van der Waals surface area contributed by atoms with E-state index in [0.29, 0.717) is 0 Å². The molecular weight excluding hydrogens is 388 g/mol. The smallest absolute Gasteiger partial charge is 0.309 e. The lowest BCUT2D eigenvalue weighted by atomic mass is 10.2. The van der Waals surface area contributed by atoms with E-state index >= 15 is 0 Å². The van der Waals surface area contributed by atoms with E-state index < -0.39 is 5.97 Å². The van der Waals surface area contributed by atoms with Crippen LogP contribution in [0.1, 0.15) is 30.0 Å². The number of aromatic nitrogens is 1. The number of benzene rings is 2. The number of hydrogen-bond donors (Lipinski definition) is 0. The minimum Gasteiger partial charge on any atom is -0.493 e. The second kappa shape index (κ2) is 9.52. The highest BCUT2D eigenvalue weighted by atomic mass is 32.1. The third-order valence-corrected chi connectivity index (χ3v) is 5.86. The number of aryl methyl sites for hydroxylation is 1. The number of thiazole rings is 1. The summed E-state index contributed by atoms with van der Waals surface area (Å²) in [5.74, 6) is -0.00123. The van der Waals surface area contributed by atoms with Crippen molar-refractivity contribution in [3.8, 4) is 5.75 Å². The lowest BCUT2D eigenvalue weighted by Crippen LogP contribution is -2.33. The standard InChI is InChI=1S/C22H24N2O4S/c1-15-8-4-6-10-18(15)27-13-12-21(26)28-14-20(25)24(3)16(2)22-23-17-9-5-7-11-19(17)29-22/h4-11,16H,12-14H2,1-3H3/t16-/m1/s1. The predicted molar refractivity (Wildman–Crippen MR) is 113 cm³/mol. The van der Waals surface area contributed by atoms with Gasteiger partial charge >= 0.3 is 5.97 Å². The molecule has 3 rings (SSSR count). The quantitative estimate of drug-likeness (QED) is 0.520. The van der Waals surface area contributed by atoms with Crippen LogP contribution < -0.4 is 4.74 Å². The Morgan fingerprint density at radius 1 is 1.14 bits per heavy atom. The summed E-state index contributed by atoms with van der Waals surface area (Å²) >= 11 is 1.56. The maximum Gasteiger partial charge on any atom is 0.309 e. The van der Waals surface area contributed by atoms with Gasteiger partial charge in [-0.25, -0.2) is 4.98 Å². The molecule has 0 fully saturated rings. The van der Waals surface area contributed by atoms with Gasteiger partial charge in [-0.3, -0.25) is 9.59 Å². The van der Waals surface area contributed by atoms with E-state index in [1.807, 2.05) is 62.4 Å².